The maximum atomic E-state index is 12.6. The smallest absolute Gasteiger partial charge is 0.434 e. The van der Waals surface area contributed by atoms with Gasteiger partial charge in [-0.3, -0.25) is 0 Å². The molecule has 0 aliphatic carbocycles. The number of nitrogens with zero attached hydrogens (tertiary/aromatic N) is 2. The minimum absolute atomic E-state index is 0.308. The Bertz CT molecular complexity index is 589. The third-order valence-electron chi connectivity index (χ3n) is 3.69. The largest absolute Gasteiger partial charge is 0.468 e. The lowest BCUT2D eigenvalue weighted by Gasteiger charge is -2.23. The van der Waals surface area contributed by atoms with Crippen LogP contribution in [-0.4, -0.2) is 16.1 Å². The highest BCUT2D eigenvalue weighted by atomic mass is 19.4. The SMILES string of the molecule is FC(F)(F)c1cn2c(n1)CC[C@H](CNCc1ccco1)C2. The van der Waals surface area contributed by atoms with Gasteiger partial charge in [0.15, 0.2) is 5.69 Å². The molecule has 3 heterocycles. The molecule has 1 aliphatic heterocycles. The Morgan fingerprint density at radius 2 is 2.29 bits per heavy atom. The Balaban J connectivity index is 1.56. The van der Waals surface area contributed by atoms with Gasteiger partial charge in [-0.05, 0) is 24.5 Å². The summed E-state index contributed by atoms with van der Waals surface area (Å²) >= 11 is 0. The molecule has 0 fully saturated rings. The topological polar surface area (TPSA) is 43.0 Å². The first-order chi connectivity index (χ1) is 10.0. The lowest BCUT2D eigenvalue weighted by atomic mass is 9.99. The third kappa shape index (κ3) is 3.29. The first-order valence-corrected chi connectivity index (χ1v) is 6.88. The van der Waals surface area contributed by atoms with Gasteiger partial charge in [0, 0.05) is 25.7 Å². The molecule has 1 aliphatic rings. The molecule has 0 bridgehead atoms. The Kier molecular flexibility index (Phi) is 3.75. The predicted octanol–water partition coefficient (Wildman–Crippen LogP) is 2.85. The van der Waals surface area contributed by atoms with Crippen molar-refractivity contribution in [3.8, 4) is 0 Å². The first-order valence-electron chi connectivity index (χ1n) is 6.88. The van der Waals surface area contributed by atoms with E-state index >= 15 is 0 Å². The molecular formula is C14H16F3N3O. The summed E-state index contributed by atoms with van der Waals surface area (Å²) in [5.41, 5.74) is -0.790. The fourth-order valence-corrected chi connectivity index (χ4v) is 2.63. The number of furan rings is 1. The van der Waals surface area contributed by atoms with Crippen molar-refractivity contribution < 1.29 is 17.6 Å². The molecular weight excluding hydrogens is 283 g/mol. The Hall–Kier alpha value is -1.76. The van der Waals surface area contributed by atoms with Crippen LogP contribution in [0.25, 0.3) is 0 Å². The van der Waals surface area contributed by atoms with Gasteiger partial charge in [0.05, 0.1) is 12.8 Å². The van der Waals surface area contributed by atoms with Gasteiger partial charge in [0.2, 0.25) is 0 Å². The normalized spacial score (nSPS) is 18.7. The van der Waals surface area contributed by atoms with E-state index in [4.69, 9.17) is 4.42 Å². The predicted molar refractivity (Wildman–Crippen MR) is 69.5 cm³/mol. The van der Waals surface area contributed by atoms with E-state index < -0.39 is 11.9 Å². The molecule has 0 aromatic carbocycles. The minimum atomic E-state index is -4.36. The maximum absolute atomic E-state index is 12.6. The van der Waals surface area contributed by atoms with Crippen LogP contribution in [0.15, 0.2) is 29.0 Å². The highest BCUT2D eigenvalue weighted by Crippen LogP contribution is 2.30. The quantitative estimate of drug-likeness (QED) is 0.944. The number of imidazole rings is 1. The van der Waals surface area contributed by atoms with Crippen molar-refractivity contribution >= 4 is 0 Å². The number of fused-ring (bicyclic) bond motifs is 1. The lowest BCUT2D eigenvalue weighted by molar-refractivity contribution is -0.141. The second-order valence-corrected chi connectivity index (χ2v) is 5.31. The number of rotatable bonds is 4. The van der Waals surface area contributed by atoms with Gasteiger partial charge in [-0.1, -0.05) is 0 Å². The Labute approximate surface area is 120 Å². The highest BCUT2D eigenvalue weighted by molar-refractivity contribution is 5.10. The molecule has 0 saturated heterocycles. The zero-order valence-electron chi connectivity index (χ0n) is 11.4. The summed E-state index contributed by atoms with van der Waals surface area (Å²) in [5, 5.41) is 3.28. The molecule has 1 N–H and O–H groups in total. The first kappa shape index (κ1) is 14.2. The van der Waals surface area contributed by atoms with Crippen LogP contribution in [0, 0.1) is 5.92 Å². The van der Waals surface area contributed by atoms with E-state index in [1.165, 1.54) is 0 Å². The van der Waals surface area contributed by atoms with Crippen LogP contribution in [0.4, 0.5) is 13.2 Å². The molecule has 1 atom stereocenters. The van der Waals surface area contributed by atoms with E-state index in [0.29, 0.717) is 31.3 Å². The second kappa shape index (κ2) is 5.55. The Morgan fingerprint density at radius 3 is 3.00 bits per heavy atom. The fraction of sp³-hybridized carbons (Fsp3) is 0.500. The Morgan fingerprint density at radius 1 is 1.43 bits per heavy atom. The summed E-state index contributed by atoms with van der Waals surface area (Å²) in [6.45, 7) is 1.96. The molecule has 0 spiro atoms. The summed E-state index contributed by atoms with van der Waals surface area (Å²) in [4.78, 5) is 3.68. The lowest BCUT2D eigenvalue weighted by Crippen LogP contribution is -2.29. The third-order valence-corrected chi connectivity index (χ3v) is 3.69. The molecule has 0 radical (unpaired) electrons. The van der Waals surface area contributed by atoms with E-state index in [2.05, 4.69) is 10.3 Å². The second-order valence-electron chi connectivity index (χ2n) is 5.31. The molecule has 114 valence electrons. The van der Waals surface area contributed by atoms with Crippen molar-refractivity contribution in [3.05, 3.63) is 41.9 Å². The van der Waals surface area contributed by atoms with Crippen molar-refractivity contribution in [2.24, 2.45) is 5.92 Å². The number of halogens is 3. The van der Waals surface area contributed by atoms with E-state index in [1.54, 1.807) is 10.8 Å². The van der Waals surface area contributed by atoms with Crippen LogP contribution in [-0.2, 0) is 25.7 Å². The molecule has 2 aromatic heterocycles. The molecule has 0 saturated carbocycles. The van der Waals surface area contributed by atoms with Crippen LogP contribution in [0.1, 0.15) is 23.7 Å². The summed E-state index contributed by atoms with van der Waals surface area (Å²) in [6.07, 6.45) is -0.192. The number of aryl methyl sites for hydroxylation is 1. The number of alkyl halides is 3. The maximum Gasteiger partial charge on any atom is 0.434 e. The minimum Gasteiger partial charge on any atom is -0.468 e. The zero-order chi connectivity index (χ0) is 14.9. The summed E-state index contributed by atoms with van der Waals surface area (Å²) in [7, 11) is 0. The van der Waals surface area contributed by atoms with Crippen molar-refractivity contribution in [2.45, 2.75) is 32.1 Å². The van der Waals surface area contributed by atoms with Crippen molar-refractivity contribution in [2.75, 3.05) is 6.54 Å². The van der Waals surface area contributed by atoms with Gasteiger partial charge < -0.3 is 14.3 Å². The van der Waals surface area contributed by atoms with Crippen LogP contribution in [0.3, 0.4) is 0 Å². The van der Waals surface area contributed by atoms with Gasteiger partial charge in [0.1, 0.15) is 11.6 Å². The average molecular weight is 299 g/mol. The fourth-order valence-electron chi connectivity index (χ4n) is 2.63. The average Bonchev–Trinajstić information content (AvgIpc) is 3.05. The molecule has 7 heteroatoms. The van der Waals surface area contributed by atoms with Crippen LogP contribution in [0.5, 0.6) is 0 Å². The monoisotopic (exact) mass is 299 g/mol. The van der Waals surface area contributed by atoms with Gasteiger partial charge in [-0.25, -0.2) is 4.98 Å². The summed E-state index contributed by atoms with van der Waals surface area (Å²) < 4.78 is 44.7. The van der Waals surface area contributed by atoms with Gasteiger partial charge in [0.25, 0.3) is 0 Å². The standard InChI is InChI=1S/C14H16F3N3O/c15-14(16,17)12-9-20-8-10(3-4-13(20)19-12)6-18-7-11-2-1-5-21-11/h1-2,5,9-10,18H,3-4,6-8H2/t10-/m1/s1. The van der Waals surface area contributed by atoms with Gasteiger partial charge in [-0.2, -0.15) is 13.2 Å². The van der Waals surface area contributed by atoms with Crippen LogP contribution < -0.4 is 5.32 Å². The number of nitrogens with one attached hydrogen (secondary N) is 1. The van der Waals surface area contributed by atoms with Crippen LogP contribution >= 0.6 is 0 Å². The molecule has 4 nitrogen and oxygen atoms in total. The molecule has 3 rings (SSSR count). The van der Waals surface area contributed by atoms with Gasteiger partial charge >= 0.3 is 6.18 Å². The number of hydrogen-bond donors (Lipinski definition) is 1. The van der Waals surface area contributed by atoms with E-state index in [-0.39, 0.29) is 0 Å². The number of aromatic nitrogens is 2. The van der Waals surface area contributed by atoms with Crippen LogP contribution in [0.2, 0.25) is 0 Å². The zero-order valence-corrected chi connectivity index (χ0v) is 11.4. The molecule has 0 amide bonds. The highest BCUT2D eigenvalue weighted by Gasteiger charge is 2.35. The molecule has 21 heavy (non-hydrogen) atoms. The van der Waals surface area contributed by atoms with E-state index in [0.717, 1.165) is 24.9 Å². The van der Waals surface area contributed by atoms with Crippen molar-refractivity contribution in [3.63, 3.8) is 0 Å². The molecule has 2 aromatic rings. The van der Waals surface area contributed by atoms with E-state index in [9.17, 15) is 13.2 Å². The van der Waals surface area contributed by atoms with E-state index in [1.807, 2.05) is 12.1 Å². The molecule has 0 unspecified atom stereocenters. The van der Waals surface area contributed by atoms with Crippen molar-refractivity contribution in [1.82, 2.24) is 14.9 Å². The number of hydrogen-bond acceptors (Lipinski definition) is 3. The van der Waals surface area contributed by atoms with Crippen molar-refractivity contribution in [1.29, 1.82) is 0 Å². The summed E-state index contributed by atoms with van der Waals surface area (Å²) in [5.74, 6) is 1.70. The van der Waals surface area contributed by atoms with Gasteiger partial charge in [-0.15, -0.1) is 0 Å². The summed E-state index contributed by atoms with van der Waals surface area (Å²) in [6, 6.07) is 3.71.